The Kier molecular flexibility index (Phi) is 9.26. The fourth-order valence-electron chi connectivity index (χ4n) is 3.54. The van der Waals surface area contributed by atoms with Crippen LogP contribution in [-0.4, -0.2) is 29.4 Å². The molecule has 0 aliphatic rings. The summed E-state index contributed by atoms with van der Waals surface area (Å²) in [5, 5.41) is 0. The summed E-state index contributed by atoms with van der Waals surface area (Å²) in [6, 6.07) is 24.8. The van der Waals surface area contributed by atoms with Crippen LogP contribution in [0.5, 0.6) is 0 Å². The Bertz CT molecular complexity index is 1880. The van der Waals surface area contributed by atoms with Gasteiger partial charge in [0.05, 0.1) is 19.5 Å². The minimum atomic E-state index is -3.83. The number of benzene rings is 3. The van der Waals surface area contributed by atoms with Crippen molar-refractivity contribution in [3.63, 3.8) is 0 Å². The predicted octanol–water partition coefficient (Wildman–Crippen LogP) is 7.36. The highest BCUT2D eigenvalue weighted by Gasteiger charge is 2.26. The van der Waals surface area contributed by atoms with Crippen molar-refractivity contribution in [1.82, 2.24) is 0 Å². The number of hydrogen-bond acceptors (Lipinski definition) is 8. The van der Waals surface area contributed by atoms with Crippen molar-refractivity contribution in [2.45, 2.75) is 18.2 Å². The van der Waals surface area contributed by atoms with Crippen LogP contribution < -0.4 is 0 Å². The van der Waals surface area contributed by atoms with E-state index in [0.717, 1.165) is 22.7 Å². The van der Waals surface area contributed by atoms with Crippen molar-refractivity contribution < 1.29 is 30.8 Å². The maximum absolute atomic E-state index is 14.1. The fraction of sp³-hybridized carbons (Fsp3) is 0. The van der Waals surface area contributed by atoms with Gasteiger partial charge in [0.2, 0.25) is 19.7 Å². The molecule has 0 aliphatic heterocycles. The van der Waals surface area contributed by atoms with Gasteiger partial charge in [-0.05, 0) is 58.4 Å². The SMILES string of the molecule is O=Cc1cc(-c2ccccc2F)c(S(=O)(=O)c2ccccc2)s1.O=Cc1cc(Br)c(S(=O)(=O)c2ccccc2)s1. The third kappa shape index (κ3) is 6.21. The van der Waals surface area contributed by atoms with E-state index < -0.39 is 25.5 Å². The lowest BCUT2D eigenvalue weighted by molar-refractivity contribution is 0.111. The van der Waals surface area contributed by atoms with Crippen LogP contribution in [0, 0.1) is 5.82 Å². The Morgan fingerprint density at radius 1 is 0.600 bits per heavy atom. The zero-order valence-corrected chi connectivity index (χ0v) is 25.1. The molecule has 6 nitrogen and oxygen atoms in total. The average molecular weight is 678 g/mol. The Morgan fingerprint density at radius 2 is 1.05 bits per heavy atom. The summed E-state index contributed by atoms with van der Waals surface area (Å²) in [5.74, 6) is -0.535. The number of sulfone groups is 2. The summed E-state index contributed by atoms with van der Waals surface area (Å²) in [5.41, 5.74) is 0.366. The summed E-state index contributed by atoms with van der Waals surface area (Å²) in [6.07, 6.45) is 1.21. The van der Waals surface area contributed by atoms with E-state index in [1.807, 2.05) is 0 Å². The van der Waals surface area contributed by atoms with Crippen molar-refractivity contribution in [2.24, 2.45) is 0 Å². The van der Waals surface area contributed by atoms with E-state index in [0.29, 0.717) is 21.9 Å². The molecule has 2 heterocycles. The maximum Gasteiger partial charge on any atom is 0.217 e. The van der Waals surface area contributed by atoms with Gasteiger partial charge in [-0.3, -0.25) is 9.59 Å². The van der Waals surface area contributed by atoms with Crippen LogP contribution in [0.25, 0.3) is 11.1 Å². The fourth-order valence-corrected chi connectivity index (χ4v) is 10.4. The van der Waals surface area contributed by atoms with Gasteiger partial charge in [-0.1, -0.05) is 54.6 Å². The number of rotatable bonds is 7. The number of aldehydes is 2. The van der Waals surface area contributed by atoms with Crippen LogP contribution in [0.1, 0.15) is 19.3 Å². The van der Waals surface area contributed by atoms with Gasteiger partial charge in [0.1, 0.15) is 14.2 Å². The van der Waals surface area contributed by atoms with Gasteiger partial charge in [-0.25, -0.2) is 21.2 Å². The number of thiophene rings is 2. The van der Waals surface area contributed by atoms with Crippen LogP contribution in [0.15, 0.2) is 120 Å². The first kappa shape index (κ1) is 29.7. The molecule has 0 N–H and O–H groups in total. The molecule has 0 bridgehead atoms. The van der Waals surface area contributed by atoms with Gasteiger partial charge >= 0.3 is 0 Å². The molecular weight excluding hydrogens is 659 g/mol. The molecule has 40 heavy (non-hydrogen) atoms. The molecule has 2 aromatic heterocycles. The highest BCUT2D eigenvalue weighted by molar-refractivity contribution is 9.10. The average Bonchev–Trinajstić information content (AvgIpc) is 3.59. The standard InChI is InChI=1S/C17H11FO3S2.C11H7BrO3S2/c18-16-9-5-4-8-14(16)15-10-12(11-19)22-17(15)23(20,21)13-6-2-1-3-7-13;12-10-6-8(7-13)16-11(10)17(14,15)9-4-2-1-3-5-9/h1-11H;1-7H. The van der Waals surface area contributed by atoms with Gasteiger partial charge in [0.25, 0.3) is 0 Å². The second-order valence-corrected chi connectivity index (χ2v) is 15.3. The first-order valence-electron chi connectivity index (χ1n) is 11.3. The van der Waals surface area contributed by atoms with Gasteiger partial charge in [0, 0.05) is 15.6 Å². The van der Waals surface area contributed by atoms with Crippen molar-refractivity contribution in [3.05, 3.63) is 117 Å². The number of carbonyl (C=O) groups is 2. The Hall–Kier alpha value is -3.29. The van der Waals surface area contributed by atoms with Gasteiger partial charge in [0.15, 0.2) is 12.6 Å². The number of hydrogen-bond donors (Lipinski definition) is 0. The molecule has 204 valence electrons. The largest absolute Gasteiger partial charge is 0.297 e. The van der Waals surface area contributed by atoms with Gasteiger partial charge in [-0.2, -0.15) is 0 Å². The van der Waals surface area contributed by atoms with E-state index in [4.69, 9.17) is 0 Å². The van der Waals surface area contributed by atoms with E-state index in [1.165, 1.54) is 54.6 Å². The lowest BCUT2D eigenvalue weighted by Gasteiger charge is -2.06. The maximum atomic E-state index is 14.1. The van der Waals surface area contributed by atoms with E-state index >= 15 is 0 Å². The lowest BCUT2D eigenvalue weighted by atomic mass is 10.1. The molecule has 0 saturated heterocycles. The van der Waals surface area contributed by atoms with E-state index in [-0.39, 0.29) is 34.2 Å². The predicted molar refractivity (Wildman–Crippen MR) is 156 cm³/mol. The van der Waals surface area contributed by atoms with E-state index in [9.17, 15) is 30.8 Å². The summed E-state index contributed by atoms with van der Waals surface area (Å²) < 4.78 is 64.8. The molecule has 0 radical (unpaired) electrons. The molecule has 0 saturated carbocycles. The van der Waals surface area contributed by atoms with E-state index in [2.05, 4.69) is 15.9 Å². The molecule has 0 unspecified atom stereocenters. The summed E-state index contributed by atoms with van der Waals surface area (Å²) in [4.78, 5) is 22.6. The Labute approximate surface area is 246 Å². The van der Waals surface area contributed by atoms with Crippen molar-refractivity contribution in [2.75, 3.05) is 0 Å². The Morgan fingerprint density at radius 3 is 1.55 bits per heavy atom. The lowest BCUT2D eigenvalue weighted by Crippen LogP contribution is -2.01. The molecule has 0 atom stereocenters. The van der Waals surface area contributed by atoms with Crippen LogP contribution in [0.4, 0.5) is 4.39 Å². The monoisotopic (exact) mass is 676 g/mol. The van der Waals surface area contributed by atoms with Crippen LogP contribution in [0.3, 0.4) is 0 Å². The first-order valence-corrected chi connectivity index (χ1v) is 16.7. The molecule has 5 aromatic rings. The smallest absolute Gasteiger partial charge is 0.217 e. The molecule has 0 aliphatic carbocycles. The molecule has 5 rings (SSSR count). The first-order chi connectivity index (χ1) is 19.1. The van der Waals surface area contributed by atoms with Crippen LogP contribution >= 0.6 is 38.6 Å². The van der Waals surface area contributed by atoms with E-state index in [1.54, 1.807) is 42.5 Å². The van der Waals surface area contributed by atoms with Gasteiger partial charge < -0.3 is 0 Å². The minimum Gasteiger partial charge on any atom is -0.297 e. The van der Waals surface area contributed by atoms with Crippen molar-refractivity contribution in [1.29, 1.82) is 0 Å². The molecule has 3 aromatic carbocycles. The van der Waals surface area contributed by atoms with Crippen molar-refractivity contribution in [3.8, 4) is 11.1 Å². The minimum absolute atomic E-state index is 0.0316. The number of halogens is 2. The normalized spacial score (nSPS) is 11.3. The van der Waals surface area contributed by atoms with Gasteiger partial charge in [-0.15, -0.1) is 22.7 Å². The summed E-state index contributed by atoms with van der Waals surface area (Å²) in [7, 11) is -7.38. The molecule has 0 fully saturated rings. The number of carbonyl (C=O) groups excluding carboxylic acids is 2. The third-order valence-corrected chi connectivity index (χ3v) is 13.3. The highest BCUT2D eigenvalue weighted by Crippen LogP contribution is 2.39. The summed E-state index contributed by atoms with van der Waals surface area (Å²) >= 11 is 4.96. The quantitative estimate of drug-likeness (QED) is 0.167. The second-order valence-electron chi connectivity index (χ2n) is 7.98. The Balaban J connectivity index is 0.000000194. The van der Waals surface area contributed by atoms with Crippen LogP contribution in [0.2, 0.25) is 0 Å². The molecule has 12 heteroatoms. The molecule has 0 spiro atoms. The zero-order valence-electron chi connectivity index (χ0n) is 20.2. The topological polar surface area (TPSA) is 102 Å². The highest BCUT2D eigenvalue weighted by atomic mass is 79.9. The summed E-state index contributed by atoms with van der Waals surface area (Å²) in [6.45, 7) is 0. The second kappa shape index (κ2) is 12.5. The zero-order chi connectivity index (χ0) is 28.9. The van der Waals surface area contributed by atoms with Crippen LogP contribution in [-0.2, 0) is 19.7 Å². The molecular formula is C28H18BrFO6S4. The van der Waals surface area contributed by atoms with Crippen molar-refractivity contribution >= 4 is 70.9 Å². The third-order valence-electron chi connectivity index (χ3n) is 5.38. The molecule has 0 amide bonds.